The monoisotopic (exact) mass is 1020 g/mol. The number of ether oxygens (including phenoxy) is 1. The molecule has 15 aliphatic rings. The van der Waals surface area contributed by atoms with E-state index in [9.17, 15) is 0 Å². The van der Waals surface area contributed by atoms with Gasteiger partial charge in [-0.2, -0.15) is 0 Å². The molecule has 0 radical (unpaired) electrons. The van der Waals surface area contributed by atoms with Crippen molar-refractivity contribution in [1.82, 2.24) is 0 Å². The van der Waals surface area contributed by atoms with Crippen molar-refractivity contribution in [2.24, 2.45) is 126 Å². The Bertz CT molecular complexity index is 1490. The molecule has 430 valence electrons. The van der Waals surface area contributed by atoms with E-state index in [2.05, 4.69) is 159 Å². The minimum atomic E-state index is 0.247. The van der Waals surface area contributed by atoms with Gasteiger partial charge in [-0.3, -0.25) is 0 Å². The summed E-state index contributed by atoms with van der Waals surface area (Å²) in [6.45, 7) is 61.0. The molecule has 1 nitrogen and oxygen atoms in total. The Morgan fingerprint density at radius 1 is 0.260 bits per heavy atom. The zero-order valence-electron chi connectivity index (χ0n) is 54.9. The summed E-state index contributed by atoms with van der Waals surface area (Å²) >= 11 is 0. The fourth-order valence-electron chi connectivity index (χ4n) is 20.8. The van der Waals surface area contributed by atoms with Crippen LogP contribution in [0.15, 0.2) is 0 Å². The molecule has 5 unspecified atom stereocenters. The quantitative estimate of drug-likeness (QED) is 0.212. The van der Waals surface area contributed by atoms with Gasteiger partial charge >= 0.3 is 0 Å². The van der Waals surface area contributed by atoms with Gasteiger partial charge in [-0.15, -0.1) is 0 Å². The standard InChI is InChI=1S/C16H30.C15H28.C14H26.C13H24O.C12H22.C2H6/c1-11(2)15-7-8-16(12(3)4,10-13(15)5)14(6)9-15;1-11(2)14-6-8-15(9-7-14,12(3)4)13(5)10-14;1-11(2)13-5-8-14(9-6-13,10-7-13)12(3)4;1-10(2)12-5-7-13(8-6-12,11(3)4)14-9-12;1-9(2)11-5-6-12(7-11,8-11)10(3)4;1-2/h11-14H,7-10H2,1-6H3;11-13H,6-10H2,1-5H3;11-12H,5-10H2,1-4H3;10-11H,5-9H2,1-4H3;9-10H,5-8H2,1-4H3;1-2H3. The van der Waals surface area contributed by atoms with Crippen LogP contribution in [0.1, 0.15) is 321 Å². The van der Waals surface area contributed by atoms with Crippen LogP contribution in [0, 0.1) is 126 Å². The molecule has 15 rings (SSSR count). The molecule has 2 saturated heterocycles. The van der Waals surface area contributed by atoms with Crippen LogP contribution in [-0.4, -0.2) is 12.2 Å². The normalized spacial score (nSPS) is 43.7. The van der Waals surface area contributed by atoms with Gasteiger partial charge < -0.3 is 4.74 Å². The average molecular weight is 1020 g/mol. The van der Waals surface area contributed by atoms with E-state index in [1.54, 1.807) is 0 Å². The Kier molecular flexibility index (Phi) is 20.6. The van der Waals surface area contributed by atoms with Crippen LogP contribution in [0.25, 0.3) is 0 Å². The van der Waals surface area contributed by atoms with Crippen LogP contribution in [0.5, 0.6) is 0 Å². The molecule has 1 heteroatoms. The second-order valence-corrected chi connectivity index (χ2v) is 32.9. The first kappa shape index (κ1) is 63.8. The molecular weight excluding hydrogens is 881 g/mol. The molecule has 10 bridgehead atoms. The molecule has 5 atom stereocenters. The minimum absolute atomic E-state index is 0.247. The van der Waals surface area contributed by atoms with Crippen molar-refractivity contribution in [3.05, 3.63) is 0 Å². The van der Waals surface area contributed by atoms with Crippen LogP contribution < -0.4 is 0 Å². The number of hydrogen-bond acceptors (Lipinski definition) is 1. The van der Waals surface area contributed by atoms with E-state index in [4.69, 9.17) is 4.74 Å². The minimum Gasteiger partial charge on any atom is -0.374 e. The van der Waals surface area contributed by atoms with Crippen LogP contribution in [-0.2, 0) is 4.74 Å². The Morgan fingerprint density at radius 2 is 0.521 bits per heavy atom. The second kappa shape index (κ2) is 23.6. The summed E-state index contributed by atoms with van der Waals surface area (Å²) < 4.78 is 6.19. The smallest absolute Gasteiger partial charge is 0.0706 e. The van der Waals surface area contributed by atoms with Gasteiger partial charge in [0.15, 0.2) is 0 Å². The first-order valence-electron chi connectivity index (χ1n) is 33.4. The molecule has 2 heterocycles. The van der Waals surface area contributed by atoms with Gasteiger partial charge in [0.2, 0.25) is 0 Å². The Balaban J connectivity index is 0.000000168. The van der Waals surface area contributed by atoms with Crippen molar-refractivity contribution in [3.8, 4) is 0 Å². The molecular formula is C72H136O. The van der Waals surface area contributed by atoms with Crippen molar-refractivity contribution in [3.63, 3.8) is 0 Å². The largest absolute Gasteiger partial charge is 0.374 e. The molecule has 0 N–H and O–H groups in total. The Labute approximate surface area is 461 Å². The lowest BCUT2D eigenvalue weighted by molar-refractivity contribution is -0.214. The third kappa shape index (κ3) is 11.5. The van der Waals surface area contributed by atoms with Crippen molar-refractivity contribution in [1.29, 1.82) is 0 Å². The van der Waals surface area contributed by atoms with Gasteiger partial charge in [0.25, 0.3) is 0 Å². The van der Waals surface area contributed by atoms with Crippen LogP contribution >= 0.6 is 0 Å². The first-order valence-corrected chi connectivity index (χ1v) is 33.4. The predicted molar refractivity (Wildman–Crippen MR) is 324 cm³/mol. The third-order valence-corrected chi connectivity index (χ3v) is 28.7. The number of rotatable bonds is 10. The first-order chi connectivity index (χ1) is 33.8. The summed E-state index contributed by atoms with van der Waals surface area (Å²) in [5.74, 6) is 11.5. The molecule has 15 fully saturated rings. The van der Waals surface area contributed by atoms with E-state index in [1.807, 2.05) is 13.8 Å². The average Bonchev–Trinajstić information content (AvgIpc) is 3.95. The highest BCUT2D eigenvalue weighted by Gasteiger charge is 2.63. The van der Waals surface area contributed by atoms with E-state index in [-0.39, 0.29) is 5.60 Å². The SMILES string of the molecule is CC.CC(C)C12CCC(C(C)C)(C1)C2.CC(C)C12CCC(C(C)C)(CC1)C(C)C2.CC(C)C12CCC(C(C)C)(CC1)CC2.CC(C)C12CCC(C(C)C)(CC1)OC2.CC(C)C12CCC(C(C)C)(CC1C)C(C)C2. The lowest BCUT2D eigenvalue weighted by Crippen LogP contribution is -2.55. The van der Waals surface area contributed by atoms with Crippen molar-refractivity contribution < 1.29 is 4.74 Å². The molecule has 0 spiro atoms. The Morgan fingerprint density at radius 3 is 0.740 bits per heavy atom. The van der Waals surface area contributed by atoms with Gasteiger partial charge in [0.05, 0.1) is 12.2 Å². The van der Waals surface area contributed by atoms with Gasteiger partial charge in [-0.1, -0.05) is 173 Å². The molecule has 13 saturated carbocycles. The summed E-state index contributed by atoms with van der Waals surface area (Å²) in [5.41, 5.74) is 6.61. The highest BCUT2D eigenvalue weighted by Crippen LogP contribution is 2.73. The van der Waals surface area contributed by atoms with Crippen molar-refractivity contribution >= 4 is 0 Å². The maximum atomic E-state index is 6.19. The summed E-state index contributed by atoms with van der Waals surface area (Å²) in [6, 6.07) is 0. The fraction of sp³-hybridized carbons (Fsp3) is 1.00. The number of hydrogen-bond donors (Lipinski definition) is 0. The maximum absolute atomic E-state index is 6.19. The lowest BCUT2D eigenvalue weighted by Gasteiger charge is -2.64. The summed E-state index contributed by atoms with van der Waals surface area (Å²) in [6.07, 6.45) is 34.1. The zero-order valence-corrected chi connectivity index (χ0v) is 54.9. The van der Waals surface area contributed by atoms with E-state index < -0.39 is 0 Å². The highest BCUT2D eigenvalue weighted by molar-refractivity contribution is 5.13. The van der Waals surface area contributed by atoms with Gasteiger partial charge in [-0.25, -0.2) is 0 Å². The molecule has 73 heavy (non-hydrogen) atoms. The molecule has 0 aromatic heterocycles. The van der Waals surface area contributed by atoms with Gasteiger partial charge in [-0.05, 0) is 273 Å². The molecule has 13 aliphatic carbocycles. The molecule has 0 aromatic rings. The molecule has 0 aromatic carbocycles. The molecule has 0 amide bonds. The van der Waals surface area contributed by atoms with Gasteiger partial charge in [0.1, 0.15) is 0 Å². The Hall–Kier alpha value is -0.0400. The van der Waals surface area contributed by atoms with Crippen LogP contribution in [0.3, 0.4) is 0 Å². The van der Waals surface area contributed by atoms with Crippen molar-refractivity contribution in [2.75, 3.05) is 6.61 Å². The van der Waals surface area contributed by atoms with E-state index >= 15 is 0 Å². The van der Waals surface area contributed by atoms with Crippen LogP contribution in [0.4, 0.5) is 0 Å². The van der Waals surface area contributed by atoms with E-state index in [1.165, 1.54) is 148 Å². The van der Waals surface area contributed by atoms with Crippen LogP contribution in [0.2, 0.25) is 0 Å². The zero-order chi connectivity index (χ0) is 55.2. The second-order valence-electron chi connectivity index (χ2n) is 32.9. The predicted octanol–water partition coefficient (Wildman–Crippen LogP) is 23.2. The summed E-state index contributed by atoms with van der Waals surface area (Å²) in [5, 5.41) is 0. The van der Waals surface area contributed by atoms with Crippen molar-refractivity contribution in [2.45, 2.75) is 326 Å². The van der Waals surface area contributed by atoms with E-state index in [0.717, 1.165) is 105 Å². The summed E-state index contributed by atoms with van der Waals surface area (Å²) in [7, 11) is 0. The highest BCUT2D eigenvalue weighted by atomic mass is 16.5. The van der Waals surface area contributed by atoms with E-state index in [0.29, 0.717) is 27.6 Å². The maximum Gasteiger partial charge on any atom is 0.0706 e. The fourth-order valence-corrected chi connectivity index (χ4v) is 20.8. The lowest BCUT2D eigenvalue weighted by atomic mass is 9.41. The van der Waals surface area contributed by atoms with Gasteiger partial charge in [0, 0.05) is 0 Å². The molecule has 2 aliphatic heterocycles. The summed E-state index contributed by atoms with van der Waals surface area (Å²) in [4.78, 5) is 0. The third-order valence-electron chi connectivity index (χ3n) is 28.7. The topological polar surface area (TPSA) is 9.23 Å². The number of fused-ring (bicyclic) bond motifs is 13.